The monoisotopic (exact) mass is 299 g/mol. The Morgan fingerprint density at radius 3 is 2.68 bits per heavy atom. The number of nitrogens with one attached hydrogen (secondary N) is 2. The van der Waals surface area contributed by atoms with E-state index in [-0.39, 0.29) is 5.91 Å². The molecule has 22 heavy (non-hydrogen) atoms. The Hall–Kier alpha value is -2.56. The first-order valence-corrected chi connectivity index (χ1v) is 7.33. The molecule has 0 saturated carbocycles. The van der Waals surface area contributed by atoms with Crippen molar-refractivity contribution in [3.8, 4) is 5.75 Å². The Morgan fingerprint density at radius 1 is 1.23 bits per heavy atom. The largest absolute Gasteiger partial charge is 0.497 e. The molecule has 1 heterocycles. The average Bonchev–Trinajstić information content (AvgIpc) is 2.58. The lowest BCUT2D eigenvalue weighted by molar-refractivity contribution is 0.0950. The molecule has 0 aliphatic rings. The molecule has 0 aliphatic carbocycles. The number of amides is 1. The van der Waals surface area contributed by atoms with Gasteiger partial charge in [0, 0.05) is 25.5 Å². The zero-order valence-corrected chi connectivity index (χ0v) is 12.9. The van der Waals surface area contributed by atoms with Crippen LogP contribution in [0.4, 0.5) is 5.69 Å². The summed E-state index contributed by atoms with van der Waals surface area (Å²) < 4.78 is 5.11. The van der Waals surface area contributed by atoms with E-state index in [0.717, 1.165) is 30.0 Å². The van der Waals surface area contributed by atoms with E-state index in [4.69, 9.17) is 4.74 Å². The van der Waals surface area contributed by atoms with Gasteiger partial charge in [0.25, 0.3) is 5.91 Å². The molecule has 1 amide bonds. The van der Waals surface area contributed by atoms with Crippen LogP contribution in [0.1, 0.15) is 29.3 Å². The van der Waals surface area contributed by atoms with Crippen molar-refractivity contribution in [2.75, 3.05) is 19.0 Å². The van der Waals surface area contributed by atoms with Crippen LogP contribution < -0.4 is 15.4 Å². The Labute approximate surface area is 130 Å². The molecule has 2 rings (SSSR count). The summed E-state index contributed by atoms with van der Waals surface area (Å²) in [4.78, 5) is 16.3. The molecule has 0 radical (unpaired) electrons. The number of rotatable bonds is 7. The minimum Gasteiger partial charge on any atom is -0.497 e. The lowest BCUT2D eigenvalue weighted by Gasteiger charge is -2.08. The van der Waals surface area contributed by atoms with E-state index < -0.39 is 0 Å². The van der Waals surface area contributed by atoms with Crippen LogP contribution >= 0.6 is 0 Å². The zero-order chi connectivity index (χ0) is 15.8. The molecule has 0 unspecified atom stereocenters. The van der Waals surface area contributed by atoms with Crippen molar-refractivity contribution in [1.29, 1.82) is 0 Å². The number of carbonyl (C=O) groups excluding carboxylic acids is 1. The van der Waals surface area contributed by atoms with Crippen LogP contribution in [0.5, 0.6) is 5.75 Å². The van der Waals surface area contributed by atoms with Gasteiger partial charge in [0.2, 0.25) is 0 Å². The second-order valence-electron chi connectivity index (χ2n) is 4.92. The molecule has 5 heteroatoms. The molecule has 116 valence electrons. The van der Waals surface area contributed by atoms with Gasteiger partial charge in [-0.3, -0.25) is 9.78 Å². The van der Waals surface area contributed by atoms with Crippen molar-refractivity contribution in [3.63, 3.8) is 0 Å². The number of carbonyl (C=O) groups is 1. The normalized spacial score (nSPS) is 10.1. The average molecular weight is 299 g/mol. The van der Waals surface area contributed by atoms with E-state index in [1.165, 1.54) is 0 Å². The van der Waals surface area contributed by atoms with Crippen LogP contribution in [0, 0.1) is 0 Å². The van der Waals surface area contributed by atoms with Crippen LogP contribution in [-0.4, -0.2) is 24.5 Å². The Bertz CT molecular complexity index is 612. The van der Waals surface area contributed by atoms with Gasteiger partial charge in [0.15, 0.2) is 0 Å². The molecular formula is C17H21N3O2. The summed E-state index contributed by atoms with van der Waals surface area (Å²) in [6, 6.07) is 9.41. The number of hydrogen-bond acceptors (Lipinski definition) is 4. The molecule has 0 fully saturated rings. The summed E-state index contributed by atoms with van der Waals surface area (Å²) in [6.45, 7) is 3.42. The number of benzene rings is 1. The molecule has 2 aromatic rings. The first-order chi connectivity index (χ1) is 10.7. The molecule has 2 N–H and O–H groups in total. The van der Waals surface area contributed by atoms with Crippen molar-refractivity contribution in [2.24, 2.45) is 0 Å². The van der Waals surface area contributed by atoms with Crippen molar-refractivity contribution < 1.29 is 9.53 Å². The summed E-state index contributed by atoms with van der Waals surface area (Å²) in [5.41, 5.74) is 2.43. The summed E-state index contributed by atoms with van der Waals surface area (Å²) in [6.07, 6.45) is 4.31. The van der Waals surface area contributed by atoms with Crippen molar-refractivity contribution >= 4 is 11.6 Å². The lowest BCUT2D eigenvalue weighted by Crippen LogP contribution is -2.23. The van der Waals surface area contributed by atoms with Gasteiger partial charge >= 0.3 is 0 Å². The summed E-state index contributed by atoms with van der Waals surface area (Å²) in [5, 5.41) is 6.11. The topological polar surface area (TPSA) is 63.2 Å². The fourth-order valence-corrected chi connectivity index (χ4v) is 1.96. The predicted octanol–water partition coefficient (Wildman–Crippen LogP) is 2.84. The van der Waals surface area contributed by atoms with Gasteiger partial charge in [-0.2, -0.15) is 0 Å². The number of ether oxygens (including phenoxy) is 1. The van der Waals surface area contributed by atoms with E-state index in [2.05, 4.69) is 22.5 Å². The first kappa shape index (κ1) is 15.8. The molecular weight excluding hydrogens is 278 g/mol. The van der Waals surface area contributed by atoms with Gasteiger partial charge in [-0.05, 0) is 30.2 Å². The molecule has 1 aromatic carbocycles. The van der Waals surface area contributed by atoms with Crippen LogP contribution in [0.2, 0.25) is 0 Å². The minimum atomic E-state index is -0.136. The van der Waals surface area contributed by atoms with E-state index in [1.807, 2.05) is 30.3 Å². The highest BCUT2D eigenvalue weighted by Crippen LogP contribution is 2.12. The van der Waals surface area contributed by atoms with Gasteiger partial charge in [0.05, 0.1) is 18.4 Å². The number of aromatic nitrogens is 1. The van der Waals surface area contributed by atoms with E-state index in [0.29, 0.717) is 12.1 Å². The summed E-state index contributed by atoms with van der Waals surface area (Å²) in [5.74, 6) is 0.664. The van der Waals surface area contributed by atoms with Gasteiger partial charge in [-0.1, -0.05) is 19.1 Å². The van der Waals surface area contributed by atoms with Crippen LogP contribution in [0.3, 0.4) is 0 Å². The molecule has 0 spiro atoms. The second-order valence-corrected chi connectivity index (χ2v) is 4.92. The smallest absolute Gasteiger partial charge is 0.253 e. The van der Waals surface area contributed by atoms with E-state index >= 15 is 0 Å². The second kappa shape index (κ2) is 8.02. The number of nitrogens with zero attached hydrogens (tertiary/aromatic N) is 1. The first-order valence-electron chi connectivity index (χ1n) is 7.33. The van der Waals surface area contributed by atoms with Crippen molar-refractivity contribution in [2.45, 2.75) is 19.9 Å². The van der Waals surface area contributed by atoms with Gasteiger partial charge in [-0.25, -0.2) is 0 Å². The molecule has 0 bridgehead atoms. The number of anilines is 1. The third-order valence-corrected chi connectivity index (χ3v) is 3.19. The predicted molar refractivity (Wildman–Crippen MR) is 87.2 cm³/mol. The van der Waals surface area contributed by atoms with Gasteiger partial charge in [0.1, 0.15) is 5.75 Å². The molecule has 1 aromatic heterocycles. The maximum atomic E-state index is 12.2. The Kier molecular flexibility index (Phi) is 5.77. The fourth-order valence-electron chi connectivity index (χ4n) is 1.96. The van der Waals surface area contributed by atoms with E-state index in [9.17, 15) is 4.79 Å². The third kappa shape index (κ3) is 4.48. The van der Waals surface area contributed by atoms with E-state index in [1.54, 1.807) is 19.5 Å². The molecule has 0 aliphatic heterocycles. The summed E-state index contributed by atoms with van der Waals surface area (Å²) in [7, 11) is 1.63. The van der Waals surface area contributed by atoms with Gasteiger partial charge in [-0.15, -0.1) is 0 Å². The maximum absolute atomic E-state index is 12.2. The van der Waals surface area contributed by atoms with Crippen molar-refractivity contribution in [1.82, 2.24) is 10.3 Å². The minimum absolute atomic E-state index is 0.136. The Morgan fingerprint density at radius 2 is 2.00 bits per heavy atom. The Balaban J connectivity index is 1.93. The number of methoxy groups -OCH3 is 1. The zero-order valence-electron chi connectivity index (χ0n) is 12.9. The van der Waals surface area contributed by atoms with Crippen LogP contribution in [0.25, 0.3) is 0 Å². The maximum Gasteiger partial charge on any atom is 0.253 e. The lowest BCUT2D eigenvalue weighted by atomic mass is 10.2. The van der Waals surface area contributed by atoms with Crippen LogP contribution in [0.15, 0.2) is 42.7 Å². The highest BCUT2D eigenvalue weighted by atomic mass is 16.5. The number of hydrogen-bond donors (Lipinski definition) is 2. The standard InChI is InChI=1S/C17H21N3O2/c1-3-8-19-15-9-14(11-18-12-15)17(21)20-10-13-4-6-16(22-2)7-5-13/h4-7,9,11-12,19H,3,8,10H2,1-2H3,(H,20,21). The SMILES string of the molecule is CCCNc1cncc(C(=O)NCc2ccc(OC)cc2)c1. The quantitative estimate of drug-likeness (QED) is 0.825. The number of pyridine rings is 1. The molecule has 0 atom stereocenters. The highest BCUT2D eigenvalue weighted by Gasteiger charge is 2.07. The summed E-state index contributed by atoms with van der Waals surface area (Å²) >= 11 is 0. The third-order valence-electron chi connectivity index (χ3n) is 3.19. The van der Waals surface area contributed by atoms with Crippen LogP contribution in [-0.2, 0) is 6.54 Å². The van der Waals surface area contributed by atoms with Gasteiger partial charge < -0.3 is 15.4 Å². The van der Waals surface area contributed by atoms with Crippen molar-refractivity contribution in [3.05, 3.63) is 53.9 Å². The fraction of sp³-hybridized carbons (Fsp3) is 0.294. The molecule has 5 nitrogen and oxygen atoms in total. The highest BCUT2D eigenvalue weighted by molar-refractivity contribution is 5.94. The molecule has 0 saturated heterocycles.